The summed E-state index contributed by atoms with van der Waals surface area (Å²) in [7, 11) is 1.81. The summed E-state index contributed by atoms with van der Waals surface area (Å²) in [5, 5.41) is 17.8. The Morgan fingerprint density at radius 2 is 1.37 bits per heavy atom. The molecule has 7 rings (SSSR count). The van der Waals surface area contributed by atoms with Crippen LogP contribution in [-0.2, 0) is 19.2 Å². The van der Waals surface area contributed by atoms with E-state index < -0.39 is 17.4 Å². The van der Waals surface area contributed by atoms with Gasteiger partial charge in [0.2, 0.25) is 11.8 Å². The molecule has 14 nitrogen and oxygen atoms in total. The number of unbranched alkanes of at least 4 members (excludes halogenated alkanes) is 5. The zero-order chi connectivity index (χ0) is 66.6. The van der Waals surface area contributed by atoms with Crippen molar-refractivity contribution in [1.82, 2.24) is 24.3 Å². The minimum atomic E-state index is -4.44. The normalized spacial score (nSPS) is 15.1. The number of anilines is 2. The van der Waals surface area contributed by atoms with Gasteiger partial charge in [0.15, 0.2) is 0 Å². The summed E-state index contributed by atoms with van der Waals surface area (Å²) in [5.41, 5.74) is 7.37. The number of halogens is 4. The number of nitrogen functional groups attached to an aromatic ring is 1. The van der Waals surface area contributed by atoms with Crippen LogP contribution in [0.15, 0.2) is 142 Å². The number of carbonyl (C=O) groups excluding carboxylic acids is 3. The van der Waals surface area contributed by atoms with E-state index >= 15 is 0 Å². The number of carboxylic acid groups (broad SMARTS) is 2. The molecule has 500 valence electrons. The standard InChI is InChI=1S/C33H36ClF3N4OS2.C21H32N2O3S.C11H21NO3.C5H8/c1-32(2)14-13-28(22-3-7-25(34)8-4-22)24(20-32)21-40-15-17-41(18-16-40)26-9-5-23(6-10-26)31(42)39-44-27-11-12-29(38)30(19-27)43-33(35,36)37;24-20(11-5-2-6-12-21(25)26)23-16-14-22(15-17-23)13-7-8-18-27-19-9-3-1-4-10-19;1-3-9-12(2)10(13)7-5-4-6-8-11(14)15;1-3-5-4-2/h3-12,19H,13-18,20-21,38H2,1-2H3,(H,39,42);1,3-4,9-10H,2,5-8,11-18H2,(H,25,26);3-9H2,1-2H3,(H,14,15);3-5H,1H2,2H3/b;;;5-4-. The molecule has 0 unspecified atom stereocenters. The second-order valence-electron chi connectivity index (χ2n) is 23.6. The molecule has 2 saturated heterocycles. The molecule has 3 aliphatic rings. The van der Waals surface area contributed by atoms with Crippen molar-refractivity contribution in [2.45, 2.75) is 151 Å². The number of allylic oxidation sites excluding steroid dienone is 4. The van der Waals surface area contributed by atoms with Crippen molar-refractivity contribution >= 4 is 93.7 Å². The summed E-state index contributed by atoms with van der Waals surface area (Å²) in [6.45, 7) is 22.3. The van der Waals surface area contributed by atoms with Crippen LogP contribution in [0.25, 0.3) is 5.57 Å². The van der Waals surface area contributed by atoms with Crippen molar-refractivity contribution < 1.29 is 47.4 Å². The predicted octanol–water partition coefficient (Wildman–Crippen LogP) is 16.1. The number of hydrogen-bond acceptors (Lipinski definition) is 12. The first-order valence-corrected chi connectivity index (χ1v) is 34.7. The minimum absolute atomic E-state index is 0.0390. The fourth-order valence-corrected chi connectivity index (χ4v) is 12.9. The lowest BCUT2D eigenvalue weighted by molar-refractivity contribution is -0.138. The van der Waals surface area contributed by atoms with Gasteiger partial charge >= 0.3 is 17.4 Å². The summed E-state index contributed by atoms with van der Waals surface area (Å²) < 4.78 is 41.1. The van der Waals surface area contributed by atoms with Crippen LogP contribution in [0.5, 0.6) is 0 Å². The van der Waals surface area contributed by atoms with E-state index in [1.165, 1.54) is 53.0 Å². The summed E-state index contributed by atoms with van der Waals surface area (Å²) >= 11 is 8.76. The highest BCUT2D eigenvalue weighted by atomic mass is 35.5. The number of amides is 3. The van der Waals surface area contributed by atoms with E-state index in [0.717, 1.165) is 145 Å². The highest BCUT2D eigenvalue weighted by Gasteiger charge is 2.31. The van der Waals surface area contributed by atoms with E-state index in [1.54, 1.807) is 29.2 Å². The lowest BCUT2D eigenvalue weighted by Gasteiger charge is -2.39. The number of nitrogens with two attached hydrogens (primary N) is 1. The van der Waals surface area contributed by atoms with E-state index in [0.29, 0.717) is 41.6 Å². The number of benzene rings is 4. The number of nitrogens with one attached hydrogen (secondary N) is 1. The Morgan fingerprint density at radius 1 is 0.758 bits per heavy atom. The van der Waals surface area contributed by atoms with Gasteiger partial charge in [-0.15, -0.1) is 11.8 Å². The highest BCUT2D eigenvalue weighted by Crippen LogP contribution is 2.43. The average Bonchev–Trinajstić information content (AvgIpc) is 3.70. The number of aliphatic carboxylic acids is 2. The average molecular weight is 1340 g/mol. The van der Waals surface area contributed by atoms with Crippen LogP contribution in [0, 0.1) is 5.41 Å². The second kappa shape index (κ2) is 42.4. The van der Waals surface area contributed by atoms with Crippen LogP contribution in [0.4, 0.5) is 24.5 Å². The lowest BCUT2D eigenvalue weighted by atomic mass is 9.73. The van der Waals surface area contributed by atoms with Gasteiger partial charge in [-0.05, 0) is 190 Å². The Kier molecular flexibility index (Phi) is 36.1. The quantitative estimate of drug-likeness (QED) is 0.0133. The third kappa shape index (κ3) is 32.0. The molecular weight excluding hydrogens is 1240 g/mol. The molecule has 0 radical (unpaired) electrons. The van der Waals surface area contributed by atoms with Crippen molar-refractivity contribution in [2.75, 3.05) is 95.4 Å². The van der Waals surface area contributed by atoms with E-state index in [9.17, 15) is 37.1 Å². The molecule has 5 N–H and O–H groups in total. The van der Waals surface area contributed by atoms with E-state index in [2.05, 4.69) is 76.2 Å². The first-order chi connectivity index (χ1) is 43.5. The molecule has 0 bridgehead atoms. The number of nitrogens with zero attached hydrogens (tertiary/aromatic N) is 5. The fraction of sp³-hybridized carbons (Fsp3) is 0.500. The summed E-state index contributed by atoms with van der Waals surface area (Å²) in [6.07, 6.45) is 18.4. The van der Waals surface area contributed by atoms with Gasteiger partial charge in [-0.1, -0.05) is 106 Å². The molecule has 0 aromatic heterocycles. The van der Waals surface area contributed by atoms with Gasteiger partial charge in [-0.3, -0.25) is 38.5 Å². The number of alkyl halides is 3. The summed E-state index contributed by atoms with van der Waals surface area (Å²) in [4.78, 5) is 69.8. The van der Waals surface area contributed by atoms with Gasteiger partial charge in [0.1, 0.15) is 0 Å². The van der Waals surface area contributed by atoms with Gasteiger partial charge in [0.25, 0.3) is 5.91 Å². The monoisotopic (exact) mass is 1340 g/mol. The maximum Gasteiger partial charge on any atom is 0.446 e. The van der Waals surface area contributed by atoms with Crippen molar-refractivity contribution in [1.29, 1.82) is 0 Å². The molecule has 1 aliphatic carbocycles. The zero-order valence-corrected chi connectivity index (χ0v) is 57.2. The molecule has 4 aromatic carbocycles. The Bertz CT molecular complexity index is 2900. The van der Waals surface area contributed by atoms with Crippen LogP contribution in [0.3, 0.4) is 0 Å². The molecule has 4 aromatic rings. The van der Waals surface area contributed by atoms with E-state index in [1.807, 2.05) is 80.0 Å². The third-order valence-electron chi connectivity index (χ3n) is 15.6. The third-order valence-corrected chi connectivity index (χ3v) is 18.5. The Morgan fingerprint density at radius 3 is 1.96 bits per heavy atom. The van der Waals surface area contributed by atoms with Crippen molar-refractivity contribution in [2.24, 2.45) is 5.41 Å². The second-order valence-corrected chi connectivity index (χ2v) is 27.2. The van der Waals surface area contributed by atoms with Crippen molar-refractivity contribution in [3.05, 3.63) is 144 Å². The van der Waals surface area contributed by atoms with Crippen LogP contribution in [0.1, 0.15) is 146 Å². The summed E-state index contributed by atoms with van der Waals surface area (Å²) in [5.74, 6) is -0.296. The van der Waals surface area contributed by atoms with Crippen LogP contribution in [0.2, 0.25) is 5.02 Å². The molecule has 2 fully saturated rings. The first kappa shape index (κ1) is 77.5. The number of carboxylic acids is 2. The molecule has 91 heavy (non-hydrogen) atoms. The van der Waals surface area contributed by atoms with E-state index in [-0.39, 0.29) is 52.9 Å². The van der Waals surface area contributed by atoms with Crippen LogP contribution >= 0.6 is 47.1 Å². The van der Waals surface area contributed by atoms with Gasteiger partial charge in [0, 0.05) is 135 Å². The fourth-order valence-electron chi connectivity index (χ4n) is 10.5. The number of piperazine rings is 2. The number of hydrogen-bond donors (Lipinski definition) is 4. The predicted molar refractivity (Wildman–Crippen MR) is 371 cm³/mol. The molecule has 2 aliphatic heterocycles. The lowest BCUT2D eigenvalue weighted by Crippen LogP contribution is -2.48. The Balaban J connectivity index is 0.000000318. The molecule has 21 heteroatoms. The van der Waals surface area contributed by atoms with Crippen LogP contribution < -0.4 is 15.4 Å². The molecule has 2 heterocycles. The van der Waals surface area contributed by atoms with Crippen molar-refractivity contribution in [3.63, 3.8) is 0 Å². The first-order valence-electron chi connectivity index (χ1n) is 31.8. The number of carbonyl (C=O) groups is 5. The molecular formula is C70H97ClF3N7O7S3. The number of rotatable bonds is 29. The minimum Gasteiger partial charge on any atom is -0.481 e. The summed E-state index contributed by atoms with van der Waals surface area (Å²) in [6, 6.07) is 30.5. The maximum absolute atomic E-state index is 12.8. The molecule has 0 saturated carbocycles. The Labute approximate surface area is 557 Å². The molecule has 3 amide bonds. The van der Waals surface area contributed by atoms with Crippen LogP contribution in [-0.4, -0.2) is 150 Å². The Hall–Kier alpha value is -5.90. The molecule has 0 atom stereocenters. The zero-order valence-electron chi connectivity index (χ0n) is 54.0. The molecule has 0 spiro atoms. The van der Waals surface area contributed by atoms with E-state index in [4.69, 9.17) is 27.5 Å². The smallest absolute Gasteiger partial charge is 0.446 e. The largest absolute Gasteiger partial charge is 0.481 e. The number of thioether (sulfide) groups is 2. The maximum atomic E-state index is 12.8. The van der Waals surface area contributed by atoms with Crippen molar-refractivity contribution in [3.8, 4) is 0 Å². The van der Waals surface area contributed by atoms with Gasteiger partial charge < -0.3 is 30.6 Å². The van der Waals surface area contributed by atoms with Gasteiger partial charge in [-0.25, -0.2) is 0 Å². The van der Waals surface area contributed by atoms with Gasteiger partial charge in [-0.2, -0.15) is 13.2 Å². The van der Waals surface area contributed by atoms with Gasteiger partial charge in [0.05, 0.1) is 0 Å². The highest BCUT2D eigenvalue weighted by molar-refractivity contribution is 8.00. The topological polar surface area (TPSA) is 180 Å². The SMILES string of the molecule is C=C/C=C\C.CC1(C)CCC(c2ccc(Cl)cc2)=C(CN2CCN(c3ccc(C(=O)NSc4ccc(N)c(SC(F)(F)F)c4)cc3)CC2)C1.CCCN(C)C(=O)CCCCCC(=O)O.O=C(O)CCCCCC(=O)N1CCN(CCCCSc2ccccc2)CC1.